The van der Waals surface area contributed by atoms with E-state index in [-0.39, 0.29) is 0 Å². The first-order chi connectivity index (χ1) is 17.8. The van der Waals surface area contributed by atoms with Crippen molar-refractivity contribution in [1.29, 1.82) is 0 Å². The molecule has 4 heteroatoms. The van der Waals surface area contributed by atoms with Crippen LogP contribution in [0.2, 0.25) is 10.0 Å². The summed E-state index contributed by atoms with van der Waals surface area (Å²) in [4.78, 5) is 2.10. The highest BCUT2D eigenvalue weighted by Gasteiger charge is 2.10. The van der Waals surface area contributed by atoms with E-state index in [9.17, 15) is 0 Å². The molecule has 3 aromatic rings. The Balaban J connectivity index is 1.78. The van der Waals surface area contributed by atoms with Crippen molar-refractivity contribution in [2.45, 2.75) is 0 Å². The third-order valence-corrected chi connectivity index (χ3v) is 6.73. The summed E-state index contributed by atoms with van der Waals surface area (Å²) < 4.78 is 2.10. The molecule has 0 saturated carbocycles. The number of allylic oxidation sites excluding steroid dienone is 9. The molecule has 0 spiro atoms. The molecule has 0 bridgehead atoms. The van der Waals surface area contributed by atoms with Gasteiger partial charge in [-0.2, -0.15) is 0 Å². The molecule has 0 saturated heterocycles. The van der Waals surface area contributed by atoms with Crippen LogP contribution in [0.5, 0.6) is 0 Å². The first kappa shape index (κ1) is 26.5. The average Bonchev–Trinajstić information content (AvgIpc) is 2.90. The highest BCUT2D eigenvalue weighted by atomic mass is 35.5. The van der Waals surface area contributed by atoms with Gasteiger partial charge in [0.05, 0.1) is 0 Å². The van der Waals surface area contributed by atoms with Crippen molar-refractivity contribution in [2.75, 3.05) is 33.1 Å². The lowest BCUT2D eigenvalue weighted by Gasteiger charge is -2.14. The standard InChI is InChI=1S/C33H31Cl2N2/c1-36(2)30-20-12-26(13-21-30)32(24-8-16-28(34)17-9-24)6-5-7-33(25-10-18-29(35)19-11-25)27-14-22-31(23-15-27)37(3)4/h5-23H,1-4H3/q+1. The van der Waals surface area contributed by atoms with Crippen molar-refractivity contribution >= 4 is 45.7 Å². The van der Waals surface area contributed by atoms with Crippen molar-refractivity contribution in [1.82, 2.24) is 0 Å². The van der Waals surface area contributed by atoms with Gasteiger partial charge >= 0.3 is 0 Å². The zero-order valence-electron chi connectivity index (χ0n) is 21.6. The number of benzene rings is 3. The molecule has 0 radical (unpaired) electrons. The average molecular weight is 527 g/mol. The van der Waals surface area contributed by atoms with E-state index in [1.165, 1.54) is 0 Å². The van der Waals surface area contributed by atoms with Crippen molar-refractivity contribution in [2.24, 2.45) is 0 Å². The van der Waals surface area contributed by atoms with Crippen LogP contribution in [0.25, 0.3) is 11.1 Å². The van der Waals surface area contributed by atoms with E-state index >= 15 is 0 Å². The van der Waals surface area contributed by atoms with Gasteiger partial charge in [-0.05, 0) is 82.0 Å². The summed E-state index contributed by atoms with van der Waals surface area (Å²) in [6.07, 6.45) is 15.0. The molecule has 0 fully saturated rings. The fourth-order valence-electron chi connectivity index (χ4n) is 4.10. The van der Waals surface area contributed by atoms with Crippen LogP contribution in [-0.4, -0.2) is 38.5 Å². The predicted octanol–water partition coefficient (Wildman–Crippen LogP) is 8.34. The monoisotopic (exact) mass is 525 g/mol. The Bertz CT molecular complexity index is 1410. The maximum Gasteiger partial charge on any atom is 0.199 e. The van der Waals surface area contributed by atoms with Crippen molar-refractivity contribution in [3.8, 4) is 0 Å². The summed E-state index contributed by atoms with van der Waals surface area (Å²) in [5, 5.41) is 1.45. The van der Waals surface area contributed by atoms with Gasteiger partial charge in [-0.25, -0.2) is 4.58 Å². The maximum atomic E-state index is 6.19. The van der Waals surface area contributed by atoms with Gasteiger partial charge in [-0.3, -0.25) is 0 Å². The summed E-state index contributed by atoms with van der Waals surface area (Å²) in [6, 6.07) is 24.6. The lowest BCUT2D eigenvalue weighted by Crippen LogP contribution is -2.09. The van der Waals surface area contributed by atoms with E-state index in [1.54, 1.807) is 0 Å². The summed E-state index contributed by atoms with van der Waals surface area (Å²) in [6.45, 7) is 0. The minimum absolute atomic E-state index is 0.723. The summed E-state index contributed by atoms with van der Waals surface area (Å²) >= 11 is 12.4. The summed E-state index contributed by atoms with van der Waals surface area (Å²) in [5.41, 5.74) is 9.06. The molecule has 0 atom stereocenters. The molecule has 3 aromatic carbocycles. The van der Waals surface area contributed by atoms with E-state index in [0.717, 1.165) is 54.9 Å². The minimum Gasteiger partial charge on any atom is -0.378 e. The van der Waals surface area contributed by atoms with Gasteiger partial charge in [-0.15, -0.1) is 0 Å². The highest BCUT2D eigenvalue weighted by Crippen LogP contribution is 2.29. The van der Waals surface area contributed by atoms with Gasteiger partial charge in [0.2, 0.25) is 0 Å². The second-order valence-corrected chi connectivity index (χ2v) is 10.1. The SMILES string of the molecule is CN(C)c1ccc(/C(=C/C=C/C(=C2C=CC(=[N+](C)C)C=C2)c2ccc(Cl)cc2)c2ccc(Cl)cc2)cc1. The number of hydrogen-bond acceptors (Lipinski definition) is 1. The second-order valence-electron chi connectivity index (χ2n) is 9.25. The van der Waals surface area contributed by atoms with Crippen LogP contribution in [0.1, 0.15) is 16.7 Å². The fraction of sp³-hybridized carbons (Fsp3) is 0.121. The Morgan fingerprint density at radius 2 is 1.16 bits per heavy atom. The van der Waals surface area contributed by atoms with Gasteiger partial charge in [0.25, 0.3) is 0 Å². The number of anilines is 1. The van der Waals surface area contributed by atoms with Crippen LogP contribution < -0.4 is 4.90 Å². The normalized spacial score (nSPS) is 13.4. The van der Waals surface area contributed by atoms with E-state index in [2.05, 4.69) is 101 Å². The molecule has 1 aliphatic carbocycles. The molecule has 0 heterocycles. The van der Waals surface area contributed by atoms with Crippen LogP contribution in [0, 0.1) is 0 Å². The van der Waals surface area contributed by atoms with E-state index < -0.39 is 0 Å². The Morgan fingerprint density at radius 1 is 0.676 bits per heavy atom. The van der Waals surface area contributed by atoms with Crippen molar-refractivity contribution in [3.05, 3.63) is 148 Å². The Hall–Kier alpha value is -3.59. The van der Waals surface area contributed by atoms with E-state index in [1.807, 2.05) is 52.5 Å². The molecule has 0 N–H and O–H groups in total. The molecule has 0 aromatic heterocycles. The molecular formula is C33H31Cl2N2+. The van der Waals surface area contributed by atoms with Crippen molar-refractivity contribution < 1.29 is 4.58 Å². The number of rotatable bonds is 6. The lowest BCUT2D eigenvalue weighted by molar-refractivity contribution is -0.462. The largest absolute Gasteiger partial charge is 0.378 e. The quantitative estimate of drug-likeness (QED) is 0.231. The molecule has 0 amide bonds. The number of nitrogens with zero attached hydrogens (tertiary/aromatic N) is 2. The zero-order valence-corrected chi connectivity index (χ0v) is 23.1. The molecule has 37 heavy (non-hydrogen) atoms. The van der Waals surface area contributed by atoms with Gasteiger partial charge in [0.1, 0.15) is 14.1 Å². The predicted molar refractivity (Wildman–Crippen MR) is 162 cm³/mol. The molecule has 0 aliphatic heterocycles. The zero-order chi connectivity index (χ0) is 26.4. The summed E-state index contributed by atoms with van der Waals surface area (Å²) in [7, 11) is 8.19. The van der Waals surface area contributed by atoms with E-state index in [0.29, 0.717) is 0 Å². The van der Waals surface area contributed by atoms with Crippen LogP contribution >= 0.6 is 23.2 Å². The molecular weight excluding hydrogens is 495 g/mol. The number of halogens is 2. The van der Waals surface area contributed by atoms with Crippen LogP contribution in [0.4, 0.5) is 5.69 Å². The van der Waals surface area contributed by atoms with Crippen LogP contribution in [0.15, 0.2) is 121 Å². The Kier molecular flexibility index (Phi) is 8.66. The molecule has 2 nitrogen and oxygen atoms in total. The fourth-order valence-corrected chi connectivity index (χ4v) is 4.35. The Morgan fingerprint density at radius 3 is 1.65 bits per heavy atom. The second kappa shape index (κ2) is 12.1. The minimum atomic E-state index is 0.723. The topological polar surface area (TPSA) is 6.25 Å². The molecule has 0 unspecified atom stereocenters. The van der Waals surface area contributed by atoms with Gasteiger partial charge in [-0.1, -0.05) is 77.8 Å². The molecule has 186 valence electrons. The maximum absolute atomic E-state index is 6.19. The van der Waals surface area contributed by atoms with Gasteiger partial charge < -0.3 is 4.90 Å². The van der Waals surface area contributed by atoms with Crippen molar-refractivity contribution in [3.63, 3.8) is 0 Å². The highest BCUT2D eigenvalue weighted by molar-refractivity contribution is 6.30. The molecule has 4 rings (SSSR count). The Labute approximate surface area is 230 Å². The van der Waals surface area contributed by atoms with Gasteiger partial charge in [0, 0.05) is 42.0 Å². The number of hydrogen-bond donors (Lipinski definition) is 0. The smallest absolute Gasteiger partial charge is 0.199 e. The van der Waals surface area contributed by atoms with E-state index in [4.69, 9.17) is 23.2 Å². The lowest BCUT2D eigenvalue weighted by atomic mass is 9.94. The first-order valence-corrected chi connectivity index (χ1v) is 12.9. The third kappa shape index (κ3) is 6.80. The van der Waals surface area contributed by atoms with Gasteiger partial charge in [0.15, 0.2) is 5.71 Å². The molecule has 1 aliphatic rings. The summed E-state index contributed by atoms with van der Waals surface area (Å²) in [5.74, 6) is 0. The van der Waals surface area contributed by atoms with Crippen LogP contribution in [0.3, 0.4) is 0 Å². The first-order valence-electron chi connectivity index (χ1n) is 12.1. The van der Waals surface area contributed by atoms with Crippen LogP contribution in [-0.2, 0) is 0 Å². The third-order valence-electron chi connectivity index (χ3n) is 6.23.